The van der Waals surface area contributed by atoms with Gasteiger partial charge in [0.25, 0.3) is 0 Å². The molecule has 2 aromatic rings. The molecule has 1 aliphatic carbocycles. The molecule has 0 bridgehead atoms. The number of pyridine rings is 1. The van der Waals surface area contributed by atoms with E-state index < -0.39 is 11.7 Å². The average Bonchev–Trinajstić information content (AvgIpc) is 2.78. The van der Waals surface area contributed by atoms with Crippen molar-refractivity contribution in [3.05, 3.63) is 54.5 Å². The molecule has 0 saturated heterocycles. The quantitative estimate of drug-likeness (QED) is 0.677. The standard InChI is InChI=1S/C23H27FN4O3/c24-18-10-4-5-11-19(18)28(16-22(30)26-17-8-2-1-3-9-17)23(31)14-13-21(29)27-20-12-6-7-15-25-20/h4-7,10-12,15,17H,1-3,8-9,13-14,16H2,(H,26,30)(H,25,27,29). The summed E-state index contributed by atoms with van der Waals surface area (Å²) in [7, 11) is 0. The lowest BCUT2D eigenvalue weighted by Crippen LogP contribution is -2.45. The molecule has 1 aromatic heterocycles. The van der Waals surface area contributed by atoms with Crippen LogP contribution in [0.4, 0.5) is 15.9 Å². The summed E-state index contributed by atoms with van der Waals surface area (Å²) in [6, 6.07) is 11.0. The number of benzene rings is 1. The van der Waals surface area contributed by atoms with Crippen LogP contribution in [0.15, 0.2) is 48.7 Å². The average molecular weight is 426 g/mol. The lowest BCUT2D eigenvalue weighted by atomic mass is 9.95. The smallest absolute Gasteiger partial charge is 0.240 e. The van der Waals surface area contributed by atoms with Gasteiger partial charge < -0.3 is 15.5 Å². The van der Waals surface area contributed by atoms with Crippen LogP contribution in [0, 0.1) is 5.82 Å². The number of carbonyl (C=O) groups is 3. The van der Waals surface area contributed by atoms with E-state index in [1.54, 1.807) is 30.5 Å². The lowest BCUT2D eigenvalue weighted by molar-refractivity contribution is -0.125. The van der Waals surface area contributed by atoms with Crippen LogP contribution in [-0.2, 0) is 14.4 Å². The molecule has 0 atom stereocenters. The van der Waals surface area contributed by atoms with E-state index in [1.165, 1.54) is 18.2 Å². The molecule has 3 rings (SSSR count). The van der Waals surface area contributed by atoms with Crippen LogP contribution in [0.1, 0.15) is 44.9 Å². The first-order valence-corrected chi connectivity index (χ1v) is 10.6. The first-order valence-electron chi connectivity index (χ1n) is 10.6. The van der Waals surface area contributed by atoms with E-state index >= 15 is 0 Å². The second-order valence-electron chi connectivity index (χ2n) is 7.60. The summed E-state index contributed by atoms with van der Waals surface area (Å²) >= 11 is 0. The fourth-order valence-electron chi connectivity index (χ4n) is 3.64. The molecule has 0 unspecified atom stereocenters. The molecule has 1 aliphatic rings. The van der Waals surface area contributed by atoms with Gasteiger partial charge in [0.15, 0.2) is 0 Å². The van der Waals surface area contributed by atoms with Crippen LogP contribution in [0.3, 0.4) is 0 Å². The Morgan fingerprint density at radius 3 is 2.42 bits per heavy atom. The Morgan fingerprint density at radius 2 is 1.71 bits per heavy atom. The number of nitrogens with one attached hydrogen (secondary N) is 2. The van der Waals surface area contributed by atoms with Crippen molar-refractivity contribution in [2.24, 2.45) is 0 Å². The van der Waals surface area contributed by atoms with E-state index in [4.69, 9.17) is 0 Å². The molecule has 7 nitrogen and oxygen atoms in total. The van der Waals surface area contributed by atoms with Crippen molar-refractivity contribution in [2.45, 2.75) is 51.0 Å². The Morgan fingerprint density at radius 1 is 0.968 bits per heavy atom. The fraction of sp³-hybridized carbons (Fsp3) is 0.391. The minimum atomic E-state index is -0.598. The van der Waals surface area contributed by atoms with Gasteiger partial charge >= 0.3 is 0 Å². The zero-order valence-electron chi connectivity index (χ0n) is 17.4. The highest BCUT2D eigenvalue weighted by Gasteiger charge is 2.24. The molecular formula is C23H27FN4O3. The Kier molecular flexibility index (Phi) is 8.09. The third-order valence-corrected chi connectivity index (χ3v) is 5.21. The summed E-state index contributed by atoms with van der Waals surface area (Å²) in [6.07, 6.45) is 6.38. The second-order valence-corrected chi connectivity index (χ2v) is 7.60. The van der Waals surface area contributed by atoms with Crippen molar-refractivity contribution < 1.29 is 18.8 Å². The maximum absolute atomic E-state index is 14.4. The molecule has 1 saturated carbocycles. The SMILES string of the molecule is O=C(CCC(=O)N(CC(=O)NC1CCCCC1)c1ccccc1F)Nc1ccccn1. The van der Waals surface area contributed by atoms with Crippen molar-refractivity contribution in [3.63, 3.8) is 0 Å². The molecule has 31 heavy (non-hydrogen) atoms. The third kappa shape index (κ3) is 6.87. The van der Waals surface area contributed by atoms with Gasteiger partial charge in [-0.25, -0.2) is 9.37 Å². The zero-order valence-corrected chi connectivity index (χ0v) is 17.4. The number of rotatable bonds is 8. The van der Waals surface area contributed by atoms with Crippen LogP contribution in [-0.4, -0.2) is 35.3 Å². The Bertz CT molecular complexity index is 901. The molecular weight excluding hydrogens is 399 g/mol. The van der Waals surface area contributed by atoms with Crippen molar-refractivity contribution in [1.82, 2.24) is 10.3 Å². The van der Waals surface area contributed by atoms with Gasteiger partial charge in [-0.2, -0.15) is 0 Å². The van der Waals surface area contributed by atoms with Gasteiger partial charge in [0.05, 0.1) is 5.69 Å². The number of hydrogen-bond donors (Lipinski definition) is 2. The number of aromatic nitrogens is 1. The summed E-state index contributed by atoms with van der Waals surface area (Å²) < 4.78 is 14.4. The van der Waals surface area contributed by atoms with Crippen molar-refractivity contribution >= 4 is 29.2 Å². The maximum Gasteiger partial charge on any atom is 0.240 e. The zero-order chi connectivity index (χ0) is 22.1. The number of halogens is 1. The van der Waals surface area contributed by atoms with E-state index in [9.17, 15) is 18.8 Å². The monoisotopic (exact) mass is 426 g/mol. The van der Waals surface area contributed by atoms with E-state index in [1.807, 2.05) is 0 Å². The van der Waals surface area contributed by atoms with Gasteiger partial charge in [0.2, 0.25) is 17.7 Å². The molecule has 0 radical (unpaired) electrons. The first kappa shape index (κ1) is 22.4. The largest absolute Gasteiger partial charge is 0.352 e. The topological polar surface area (TPSA) is 91.4 Å². The summed E-state index contributed by atoms with van der Waals surface area (Å²) in [5.74, 6) is -1.43. The number of anilines is 2. The summed E-state index contributed by atoms with van der Waals surface area (Å²) in [6.45, 7) is -0.294. The lowest BCUT2D eigenvalue weighted by Gasteiger charge is -2.26. The summed E-state index contributed by atoms with van der Waals surface area (Å²) in [4.78, 5) is 42.7. The van der Waals surface area contributed by atoms with Crippen molar-refractivity contribution in [3.8, 4) is 0 Å². The number of nitrogens with zero attached hydrogens (tertiary/aromatic N) is 2. The molecule has 0 aliphatic heterocycles. The minimum absolute atomic E-state index is 0.0245. The first-order chi connectivity index (χ1) is 15.0. The van der Waals surface area contributed by atoms with Gasteiger partial charge in [-0.05, 0) is 37.1 Å². The van der Waals surface area contributed by atoms with Crippen LogP contribution >= 0.6 is 0 Å². The Labute approximate surface area is 181 Å². The highest BCUT2D eigenvalue weighted by atomic mass is 19.1. The highest BCUT2D eigenvalue weighted by molar-refractivity contribution is 6.01. The Hall–Kier alpha value is -3.29. The number of amides is 3. The molecule has 2 N–H and O–H groups in total. The van der Waals surface area contributed by atoms with E-state index in [2.05, 4.69) is 15.6 Å². The maximum atomic E-state index is 14.4. The van der Waals surface area contributed by atoms with E-state index in [0.29, 0.717) is 5.82 Å². The molecule has 1 aromatic carbocycles. The van der Waals surface area contributed by atoms with Crippen molar-refractivity contribution in [2.75, 3.05) is 16.8 Å². The molecule has 3 amide bonds. The number of carbonyl (C=O) groups excluding carboxylic acids is 3. The highest BCUT2D eigenvalue weighted by Crippen LogP contribution is 2.21. The van der Waals surface area contributed by atoms with Crippen LogP contribution in [0.2, 0.25) is 0 Å². The predicted octanol–water partition coefficient (Wildman–Crippen LogP) is 3.42. The third-order valence-electron chi connectivity index (χ3n) is 5.21. The fourth-order valence-corrected chi connectivity index (χ4v) is 3.64. The minimum Gasteiger partial charge on any atom is -0.352 e. The number of para-hydroxylation sites is 1. The van der Waals surface area contributed by atoms with Gasteiger partial charge in [-0.3, -0.25) is 14.4 Å². The normalized spacial score (nSPS) is 14.0. The molecule has 1 heterocycles. The van der Waals surface area contributed by atoms with Crippen LogP contribution in [0.5, 0.6) is 0 Å². The predicted molar refractivity (Wildman–Crippen MR) is 116 cm³/mol. The van der Waals surface area contributed by atoms with Gasteiger partial charge in [-0.15, -0.1) is 0 Å². The Balaban J connectivity index is 1.62. The number of hydrogen-bond acceptors (Lipinski definition) is 4. The molecule has 1 fully saturated rings. The van der Waals surface area contributed by atoms with E-state index in [0.717, 1.165) is 37.0 Å². The van der Waals surface area contributed by atoms with Crippen LogP contribution < -0.4 is 15.5 Å². The van der Waals surface area contributed by atoms with Crippen LogP contribution in [0.25, 0.3) is 0 Å². The summed E-state index contributed by atoms with van der Waals surface area (Å²) in [5.41, 5.74) is 0.0245. The van der Waals surface area contributed by atoms with Crippen molar-refractivity contribution in [1.29, 1.82) is 0 Å². The van der Waals surface area contributed by atoms with Gasteiger partial charge in [-0.1, -0.05) is 37.5 Å². The molecule has 8 heteroatoms. The van der Waals surface area contributed by atoms with Gasteiger partial charge in [0.1, 0.15) is 18.2 Å². The summed E-state index contributed by atoms with van der Waals surface area (Å²) in [5, 5.41) is 5.56. The van der Waals surface area contributed by atoms with Gasteiger partial charge in [0, 0.05) is 25.1 Å². The second kappa shape index (κ2) is 11.2. The molecule has 164 valence electrons. The van der Waals surface area contributed by atoms with E-state index in [-0.39, 0.29) is 42.9 Å². The molecule has 0 spiro atoms.